The Morgan fingerprint density at radius 1 is 1.24 bits per heavy atom. The summed E-state index contributed by atoms with van der Waals surface area (Å²) in [6.45, 7) is 5.53. The molecule has 0 spiro atoms. The monoisotopic (exact) mass is 496 g/mol. The number of nitrogens with zero attached hydrogens (tertiary/aromatic N) is 3. The van der Waals surface area contributed by atoms with Gasteiger partial charge >= 0.3 is 0 Å². The lowest BCUT2D eigenvalue weighted by molar-refractivity contribution is -0.122. The van der Waals surface area contributed by atoms with E-state index in [0.717, 1.165) is 12.8 Å². The predicted molar refractivity (Wildman–Crippen MR) is 141 cm³/mol. The van der Waals surface area contributed by atoms with Gasteiger partial charge in [-0.15, -0.1) is 0 Å². The number of rotatable bonds is 10. The Morgan fingerprint density at radius 2 is 1.97 bits per heavy atom. The molecule has 1 aliphatic heterocycles. The molecule has 1 N–H and O–H groups in total. The van der Waals surface area contributed by atoms with Gasteiger partial charge in [-0.2, -0.15) is 5.26 Å². The van der Waals surface area contributed by atoms with Crippen LogP contribution in [0.1, 0.15) is 35.6 Å². The number of anilines is 1. The molecule has 0 saturated carbocycles. The van der Waals surface area contributed by atoms with Crippen molar-refractivity contribution >= 4 is 46.1 Å². The summed E-state index contributed by atoms with van der Waals surface area (Å²) in [5.41, 5.74) is 2.14. The van der Waals surface area contributed by atoms with Crippen LogP contribution >= 0.6 is 24.0 Å². The van der Waals surface area contributed by atoms with E-state index in [1.165, 1.54) is 22.2 Å². The van der Waals surface area contributed by atoms with Crippen LogP contribution in [0.2, 0.25) is 0 Å². The third-order valence-corrected chi connectivity index (χ3v) is 6.92. The fourth-order valence-corrected chi connectivity index (χ4v) is 5.06. The van der Waals surface area contributed by atoms with Gasteiger partial charge in [0.2, 0.25) is 0 Å². The minimum absolute atomic E-state index is 0.0863. The molecule has 0 radical (unpaired) electrons. The Bertz CT molecular complexity index is 1200. The molecule has 7 nitrogen and oxygen atoms in total. The minimum atomic E-state index is -0.325. The molecule has 1 aromatic carbocycles. The number of pyridine rings is 1. The summed E-state index contributed by atoms with van der Waals surface area (Å²) in [4.78, 5) is 28.1. The number of carbonyl (C=O) groups is 1. The summed E-state index contributed by atoms with van der Waals surface area (Å²) >= 11 is 6.62. The normalized spacial score (nSPS) is 14.6. The lowest BCUT2D eigenvalue weighted by Gasteiger charge is -2.20. The van der Waals surface area contributed by atoms with Crippen LogP contribution in [0.5, 0.6) is 0 Å². The lowest BCUT2D eigenvalue weighted by Crippen LogP contribution is -2.31. The standard InChI is InChI=1S/C25H28N4O3S2/c1-4-12-28-22(27-11-10-18-8-6-5-7-9-18)19(17(2)20(16-26)23(28)30)15-21-24(31)29(13-14-32-3)25(33)34-21/h5-9,15,27H,4,10-14H2,1-3H3/b21-15+. The third-order valence-electron chi connectivity index (χ3n) is 5.54. The van der Waals surface area contributed by atoms with Crippen molar-refractivity contribution in [3.05, 3.63) is 67.8 Å². The highest BCUT2D eigenvalue weighted by molar-refractivity contribution is 8.26. The highest BCUT2D eigenvalue weighted by atomic mass is 32.2. The number of nitriles is 1. The third kappa shape index (κ3) is 5.58. The van der Waals surface area contributed by atoms with Gasteiger partial charge in [0, 0.05) is 25.8 Å². The zero-order valence-electron chi connectivity index (χ0n) is 19.6. The first kappa shape index (κ1) is 25.7. The minimum Gasteiger partial charge on any atom is -0.383 e. The molecule has 3 rings (SSSR count). The van der Waals surface area contributed by atoms with Crippen LogP contribution in [0.3, 0.4) is 0 Å². The summed E-state index contributed by atoms with van der Waals surface area (Å²) in [7, 11) is 1.57. The molecule has 34 heavy (non-hydrogen) atoms. The molecule has 2 aromatic rings. The predicted octanol–water partition coefficient (Wildman–Crippen LogP) is 3.94. The Morgan fingerprint density at radius 3 is 2.62 bits per heavy atom. The molecule has 1 aromatic heterocycles. The van der Waals surface area contributed by atoms with Crippen molar-refractivity contribution in [3.63, 3.8) is 0 Å². The number of aromatic nitrogens is 1. The molecule has 1 saturated heterocycles. The fourth-order valence-electron chi connectivity index (χ4n) is 3.77. The van der Waals surface area contributed by atoms with Gasteiger partial charge in [-0.05, 0) is 37.0 Å². The highest BCUT2D eigenvalue weighted by Crippen LogP contribution is 2.34. The Labute approximate surface area is 209 Å². The molecule has 1 aliphatic rings. The largest absolute Gasteiger partial charge is 0.383 e. The molecule has 9 heteroatoms. The molecular formula is C25H28N4O3S2. The first-order valence-electron chi connectivity index (χ1n) is 11.1. The van der Waals surface area contributed by atoms with E-state index in [1.54, 1.807) is 24.7 Å². The van der Waals surface area contributed by atoms with Gasteiger partial charge in [-0.1, -0.05) is 61.2 Å². The molecule has 0 atom stereocenters. The molecular weight excluding hydrogens is 468 g/mol. The maximum atomic E-state index is 13.1. The number of ether oxygens (including phenoxy) is 1. The average molecular weight is 497 g/mol. The summed E-state index contributed by atoms with van der Waals surface area (Å²) in [5, 5.41) is 13.1. The van der Waals surface area contributed by atoms with Crippen LogP contribution in [-0.4, -0.2) is 46.5 Å². The average Bonchev–Trinajstić information content (AvgIpc) is 3.10. The quantitative estimate of drug-likeness (QED) is 0.394. The van der Waals surface area contributed by atoms with Crippen LogP contribution < -0.4 is 10.9 Å². The number of hydrogen-bond acceptors (Lipinski definition) is 7. The van der Waals surface area contributed by atoms with E-state index in [4.69, 9.17) is 17.0 Å². The Balaban J connectivity index is 2.05. The number of carbonyl (C=O) groups excluding carboxylic acids is 1. The Kier molecular flexibility index (Phi) is 9.05. The van der Waals surface area contributed by atoms with Crippen molar-refractivity contribution in [3.8, 4) is 6.07 Å². The Hall–Kier alpha value is -2.93. The van der Waals surface area contributed by atoms with E-state index in [0.29, 0.717) is 52.4 Å². The van der Waals surface area contributed by atoms with Gasteiger partial charge in [0.1, 0.15) is 21.8 Å². The zero-order valence-corrected chi connectivity index (χ0v) is 21.2. The van der Waals surface area contributed by atoms with Gasteiger partial charge in [-0.25, -0.2) is 0 Å². The fraction of sp³-hybridized carbons (Fsp3) is 0.360. The zero-order chi connectivity index (χ0) is 24.7. The van der Waals surface area contributed by atoms with Crippen LogP contribution in [0.4, 0.5) is 5.82 Å². The summed E-state index contributed by atoms with van der Waals surface area (Å²) in [6, 6.07) is 12.1. The first-order chi connectivity index (χ1) is 16.4. The second-order valence-corrected chi connectivity index (χ2v) is 9.50. The number of thiocarbonyl (C=S) groups is 1. The van der Waals surface area contributed by atoms with Gasteiger partial charge in [0.15, 0.2) is 0 Å². The first-order valence-corrected chi connectivity index (χ1v) is 12.3. The topological polar surface area (TPSA) is 87.4 Å². The smallest absolute Gasteiger partial charge is 0.270 e. The maximum Gasteiger partial charge on any atom is 0.270 e. The second kappa shape index (κ2) is 12.0. The summed E-state index contributed by atoms with van der Waals surface area (Å²) in [6.07, 6.45) is 3.23. The van der Waals surface area contributed by atoms with Gasteiger partial charge in [0.05, 0.1) is 18.1 Å². The van der Waals surface area contributed by atoms with E-state index < -0.39 is 0 Å². The molecule has 1 amide bonds. The number of thioether (sulfide) groups is 1. The van der Waals surface area contributed by atoms with E-state index in [9.17, 15) is 14.9 Å². The molecule has 178 valence electrons. The van der Waals surface area contributed by atoms with Gasteiger partial charge in [-0.3, -0.25) is 19.1 Å². The number of amides is 1. The van der Waals surface area contributed by atoms with Crippen molar-refractivity contribution in [2.75, 3.05) is 32.1 Å². The number of benzene rings is 1. The number of methoxy groups -OCH3 is 1. The summed E-state index contributed by atoms with van der Waals surface area (Å²) in [5.74, 6) is 0.412. The van der Waals surface area contributed by atoms with Crippen molar-refractivity contribution in [1.29, 1.82) is 5.26 Å². The van der Waals surface area contributed by atoms with Crippen molar-refractivity contribution in [1.82, 2.24) is 9.47 Å². The van der Waals surface area contributed by atoms with Crippen molar-refractivity contribution < 1.29 is 9.53 Å². The SMILES string of the molecule is CCCn1c(NCCc2ccccc2)c(/C=C2/SC(=S)N(CCOC)C2=O)c(C)c(C#N)c1=O. The maximum absolute atomic E-state index is 13.1. The molecule has 2 heterocycles. The second-order valence-electron chi connectivity index (χ2n) is 7.82. The van der Waals surface area contributed by atoms with Crippen molar-refractivity contribution in [2.45, 2.75) is 33.2 Å². The number of hydrogen-bond donors (Lipinski definition) is 1. The van der Waals surface area contributed by atoms with E-state index in [1.807, 2.05) is 25.1 Å². The van der Waals surface area contributed by atoms with E-state index >= 15 is 0 Å². The molecule has 0 unspecified atom stereocenters. The highest BCUT2D eigenvalue weighted by Gasteiger charge is 2.32. The molecule has 1 fully saturated rings. The van der Waals surface area contributed by atoms with Gasteiger partial charge < -0.3 is 10.1 Å². The number of nitrogens with one attached hydrogen (secondary N) is 1. The lowest BCUT2D eigenvalue weighted by atomic mass is 10.0. The van der Waals surface area contributed by atoms with Crippen LogP contribution in [0.15, 0.2) is 40.0 Å². The van der Waals surface area contributed by atoms with Gasteiger partial charge in [0.25, 0.3) is 11.5 Å². The van der Waals surface area contributed by atoms with Crippen LogP contribution in [0, 0.1) is 18.3 Å². The summed E-state index contributed by atoms with van der Waals surface area (Å²) < 4.78 is 7.16. The van der Waals surface area contributed by atoms with Crippen LogP contribution in [-0.2, 0) is 22.5 Å². The molecule has 0 aliphatic carbocycles. The van der Waals surface area contributed by atoms with Crippen LogP contribution in [0.25, 0.3) is 6.08 Å². The van der Waals surface area contributed by atoms with E-state index in [2.05, 4.69) is 23.5 Å². The van der Waals surface area contributed by atoms with E-state index in [-0.39, 0.29) is 17.0 Å². The van der Waals surface area contributed by atoms with Crippen molar-refractivity contribution in [2.24, 2.45) is 0 Å². The molecule has 0 bridgehead atoms.